The van der Waals surface area contributed by atoms with Crippen LogP contribution in [-0.2, 0) is 15.5 Å². The number of hydrogen-bond donors (Lipinski definition) is 1. The first kappa shape index (κ1) is 23.6. The van der Waals surface area contributed by atoms with Crippen molar-refractivity contribution in [3.63, 3.8) is 0 Å². The van der Waals surface area contributed by atoms with E-state index in [9.17, 15) is 19.3 Å². The zero-order valence-corrected chi connectivity index (χ0v) is 18.6. The second-order valence-electron chi connectivity index (χ2n) is 7.89. The standard InChI is InChI=1S/C21H33N2O5P/c1-4-28-29(27,16-9-8-14-19-12-6-5-7-13-19)17-22(3)20(24)23(21(25)26)15-10-11-18(23)2/h5-7,12-13,18H,4,8-11,14-17H2,1-3H3/p+1/t18-,23?,29?/m1/s1. The Bertz CT molecular complexity index is 742. The van der Waals surface area contributed by atoms with Gasteiger partial charge in [-0.15, -0.1) is 4.48 Å². The maximum absolute atomic E-state index is 13.3. The Hall–Kier alpha value is -1.69. The smallest absolute Gasteiger partial charge is 0.435 e. The van der Waals surface area contributed by atoms with Crippen LogP contribution in [0.25, 0.3) is 0 Å². The van der Waals surface area contributed by atoms with Gasteiger partial charge in [-0.05, 0) is 38.7 Å². The Morgan fingerprint density at radius 2 is 1.97 bits per heavy atom. The van der Waals surface area contributed by atoms with Gasteiger partial charge in [0, 0.05) is 26.1 Å². The van der Waals surface area contributed by atoms with E-state index >= 15 is 0 Å². The molecule has 0 aromatic heterocycles. The average molecular weight is 425 g/mol. The second-order valence-corrected chi connectivity index (χ2v) is 10.5. The third kappa shape index (κ3) is 5.68. The summed E-state index contributed by atoms with van der Waals surface area (Å²) in [6, 6.07) is 9.32. The highest BCUT2D eigenvalue weighted by Gasteiger charge is 2.55. The topological polar surface area (TPSA) is 83.9 Å². The average Bonchev–Trinajstić information content (AvgIpc) is 3.08. The van der Waals surface area contributed by atoms with E-state index in [0.717, 1.165) is 19.3 Å². The van der Waals surface area contributed by atoms with E-state index in [1.807, 2.05) is 18.2 Å². The van der Waals surface area contributed by atoms with Gasteiger partial charge in [0.1, 0.15) is 12.3 Å². The van der Waals surface area contributed by atoms with Crippen molar-refractivity contribution in [3.8, 4) is 0 Å². The van der Waals surface area contributed by atoms with Crippen molar-refractivity contribution in [2.75, 3.05) is 32.6 Å². The minimum atomic E-state index is -3.07. The molecule has 1 saturated heterocycles. The van der Waals surface area contributed by atoms with Crippen molar-refractivity contribution >= 4 is 19.5 Å². The fourth-order valence-corrected chi connectivity index (χ4v) is 6.45. The largest absolute Gasteiger partial charge is 0.523 e. The van der Waals surface area contributed by atoms with E-state index in [-0.39, 0.29) is 18.9 Å². The quantitative estimate of drug-likeness (QED) is 0.342. The lowest BCUT2D eigenvalue weighted by atomic mass is 10.1. The van der Waals surface area contributed by atoms with Gasteiger partial charge in [0.05, 0.1) is 13.2 Å². The van der Waals surface area contributed by atoms with Crippen LogP contribution < -0.4 is 0 Å². The Balaban J connectivity index is 1.99. The van der Waals surface area contributed by atoms with Gasteiger partial charge in [-0.2, -0.15) is 4.79 Å². The number of imide groups is 1. The molecule has 1 aliphatic rings. The van der Waals surface area contributed by atoms with Crippen molar-refractivity contribution in [1.29, 1.82) is 0 Å². The van der Waals surface area contributed by atoms with Crippen molar-refractivity contribution in [2.24, 2.45) is 0 Å². The minimum absolute atomic E-state index is 0.0506. The molecular weight excluding hydrogens is 391 g/mol. The SMILES string of the molecule is CCOP(=O)(CCCCc1ccccc1)CN(C)C(=O)[N+]1(C(=O)O)CCC[C@H]1C. The third-order valence-electron chi connectivity index (χ3n) is 5.74. The summed E-state index contributed by atoms with van der Waals surface area (Å²) in [6.07, 6.45) is 3.08. The van der Waals surface area contributed by atoms with Gasteiger partial charge in [0.15, 0.2) is 0 Å². The first-order chi connectivity index (χ1) is 13.7. The number of benzene rings is 1. The second kappa shape index (κ2) is 10.4. The Kier molecular flexibility index (Phi) is 8.44. The summed E-state index contributed by atoms with van der Waals surface area (Å²) < 4.78 is 18.3. The lowest BCUT2D eigenvalue weighted by Gasteiger charge is -2.34. The molecule has 1 heterocycles. The highest BCUT2D eigenvalue weighted by Crippen LogP contribution is 2.48. The number of quaternary nitrogens is 1. The molecule has 29 heavy (non-hydrogen) atoms. The van der Waals surface area contributed by atoms with Gasteiger partial charge < -0.3 is 9.63 Å². The first-order valence-corrected chi connectivity index (χ1v) is 12.4. The van der Waals surface area contributed by atoms with Crippen LogP contribution in [0.15, 0.2) is 30.3 Å². The minimum Gasteiger partial charge on any atom is -0.435 e. The number of amides is 3. The summed E-state index contributed by atoms with van der Waals surface area (Å²) >= 11 is 0. The molecule has 1 N–H and O–H groups in total. The number of aryl methyl sites for hydroxylation is 1. The summed E-state index contributed by atoms with van der Waals surface area (Å²) in [7, 11) is -1.53. The molecule has 8 heteroatoms. The van der Waals surface area contributed by atoms with Crippen LogP contribution in [0.5, 0.6) is 0 Å². The van der Waals surface area contributed by atoms with E-state index in [4.69, 9.17) is 4.52 Å². The highest BCUT2D eigenvalue weighted by atomic mass is 31.2. The Morgan fingerprint density at radius 3 is 2.52 bits per heavy atom. The monoisotopic (exact) mass is 425 g/mol. The molecule has 2 rings (SSSR count). The number of carbonyl (C=O) groups is 2. The van der Waals surface area contributed by atoms with Crippen molar-refractivity contribution in [1.82, 2.24) is 4.90 Å². The van der Waals surface area contributed by atoms with Crippen molar-refractivity contribution in [3.05, 3.63) is 35.9 Å². The molecule has 7 nitrogen and oxygen atoms in total. The number of nitrogens with zero attached hydrogens (tertiary/aromatic N) is 2. The number of urea groups is 1. The van der Waals surface area contributed by atoms with Crippen molar-refractivity contribution < 1.29 is 28.3 Å². The zero-order valence-electron chi connectivity index (χ0n) is 17.7. The summed E-state index contributed by atoms with van der Waals surface area (Å²) in [5, 5.41) is 9.76. The van der Waals surface area contributed by atoms with Crippen LogP contribution in [0.3, 0.4) is 0 Å². The first-order valence-electron chi connectivity index (χ1n) is 10.4. The predicted octanol–water partition coefficient (Wildman–Crippen LogP) is 5.01. The van der Waals surface area contributed by atoms with E-state index < -0.39 is 24.0 Å². The molecule has 1 aromatic carbocycles. The molecule has 0 bridgehead atoms. The molecule has 0 spiro atoms. The predicted molar refractivity (Wildman–Crippen MR) is 113 cm³/mol. The zero-order chi connectivity index (χ0) is 21.5. The fraction of sp³-hybridized carbons (Fsp3) is 0.619. The molecule has 0 aliphatic carbocycles. The summed E-state index contributed by atoms with van der Waals surface area (Å²) in [6.45, 7) is 4.15. The number of rotatable bonds is 9. The van der Waals surface area contributed by atoms with Crippen LogP contribution in [0.2, 0.25) is 0 Å². The number of carbonyl (C=O) groups excluding carboxylic acids is 1. The van der Waals surface area contributed by atoms with Gasteiger partial charge in [-0.3, -0.25) is 9.46 Å². The van der Waals surface area contributed by atoms with Crippen LogP contribution in [0.1, 0.15) is 45.1 Å². The summed E-state index contributed by atoms with van der Waals surface area (Å²) in [4.78, 5) is 26.3. The lowest BCUT2D eigenvalue weighted by molar-refractivity contribution is -0.790. The van der Waals surface area contributed by atoms with E-state index in [1.54, 1.807) is 13.8 Å². The van der Waals surface area contributed by atoms with Gasteiger partial charge >= 0.3 is 12.1 Å². The molecule has 1 fully saturated rings. The molecule has 1 aliphatic heterocycles. The molecule has 0 radical (unpaired) electrons. The number of carboxylic acid groups (broad SMARTS) is 1. The van der Waals surface area contributed by atoms with Gasteiger partial charge in [0.25, 0.3) is 0 Å². The fourth-order valence-electron chi connectivity index (χ4n) is 4.15. The number of hydrogen-bond acceptors (Lipinski definition) is 4. The molecule has 0 saturated carbocycles. The Labute approximate surface area is 173 Å². The third-order valence-corrected chi connectivity index (χ3v) is 8.33. The molecule has 3 amide bonds. The Morgan fingerprint density at radius 1 is 1.28 bits per heavy atom. The van der Waals surface area contributed by atoms with Gasteiger partial charge in [0.2, 0.25) is 7.37 Å². The van der Waals surface area contributed by atoms with Gasteiger partial charge in [-0.1, -0.05) is 30.3 Å². The maximum Gasteiger partial charge on any atom is 0.523 e. The molecule has 3 atom stereocenters. The van der Waals surface area contributed by atoms with Gasteiger partial charge in [-0.25, -0.2) is 4.79 Å². The number of likely N-dealkylation sites (tertiary alicyclic amines) is 1. The van der Waals surface area contributed by atoms with E-state index in [2.05, 4.69) is 12.1 Å². The van der Waals surface area contributed by atoms with Crippen LogP contribution >= 0.6 is 7.37 Å². The number of unbranched alkanes of at least 4 members (excludes halogenated alkanes) is 1. The van der Waals surface area contributed by atoms with E-state index in [1.165, 1.54) is 17.5 Å². The molecular formula is C21H34N2O5P+. The van der Waals surface area contributed by atoms with Crippen LogP contribution in [0, 0.1) is 0 Å². The molecule has 162 valence electrons. The molecule has 1 aromatic rings. The highest BCUT2D eigenvalue weighted by molar-refractivity contribution is 7.58. The normalized spacial score (nSPS) is 23.5. The summed E-state index contributed by atoms with van der Waals surface area (Å²) in [5.74, 6) is 0. The maximum atomic E-state index is 13.3. The van der Waals surface area contributed by atoms with Crippen LogP contribution in [-0.4, -0.2) is 65.3 Å². The summed E-state index contributed by atoms with van der Waals surface area (Å²) in [5.41, 5.74) is 1.24. The molecule has 2 unspecified atom stereocenters. The van der Waals surface area contributed by atoms with Crippen LogP contribution in [0.4, 0.5) is 9.59 Å². The lowest BCUT2D eigenvalue weighted by Crippen LogP contribution is -2.62. The van der Waals surface area contributed by atoms with Crippen molar-refractivity contribution in [2.45, 2.75) is 52.0 Å². The van der Waals surface area contributed by atoms with E-state index in [0.29, 0.717) is 25.6 Å².